The summed E-state index contributed by atoms with van der Waals surface area (Å²) in [5.74, 6) is -8.93. The number of ether oxygens (including phenoxy) is 6. The normalized spacial score (nSPS) is 24.0. The first kappa shape index (κ1) is 39.3. The van der Waals surface area contributed by atoms with Crippen molar-refractivity contribution in [1.82, 2.24) is 5.32 Å². The van der Waals surface area contributed by atoms with Crippen LogP contribution in [0.2, 0.25) is 0 Å². The van der Waals surface area contributed by atoms with Gasteiger partial charge >= 0.3 is 37.8 Å². The fraction of sp³-hybridized carbons (Fsp3) is 0.800. The number of amides is 1. The van der Waals surface area contributed by atoms with E-state index in [1.165, 1.54) is 0 Å². The molecule has 0 spiro atoms. The van der Waals surface area contributed by atoms with Crippen LogP contribution in [0, 0.1) is 0 Å². The average molecular weight is 729 g/mol. The van der Waals surface area contributed by atoms with Crippen LogP contribution in [0.4, 0.5) is 4.79 Å². The molecular formula is C25H37Cl3NO15P. The van der Waals surface area contributed by atoms with Crippen molar-refractivity contribution >= 4 is 72.6 Å². The van der Waals surface area contributed by atoms with Gasteiger partial charge in [0.15, 0.2) is 12.2 Å². The number of esters is 4. The van der Waals surface area contributed by atoms with Crippen LogP contribution in [0.25, 0.3) is 0 Å². The fourth-order valence-electron chi connectivity index (χ4n) is 4.26. The van der Waals surface area contributed by atoms with Crippen molar-refractivity contribution in [3.05, 3.63) is 0 Å². The van der Waals surface area contributed by atoms with E-state index in [9.17, 15) is 28.5 Å². The predicted molar refractivity (Wildman–Crippen MR) is 155 cm³/mol. The van der Waals surface area contributed by atoms with Crippen LogP contribution in [0.1, 0.15) is 46.0 Å². The highest BCUT2D eigenvalue weighted by atomic mass is 35.5. The Balaban J connectivity index is 2.66. The van der Waals surface area contributed by atoms with E-state index < -0.39 is 105 Å². The highest BCUT2D eigenvalue weighted by Gasteiger charge is 2.63. The van der Waals surface area contributed by atoms with Gasteiger partial charge in [-0.3, -0.25) is 23.4 Å². The summed E-state index contributed by atoms with van der Waals surface area (Å²) in [5.41, 5.74) is 0. The molecule has 0 aromatic rings. The van der Waals surface area contributed by atoms with Crippen molar-refractivity contribution in [3.8, 4) is 0 Å². The lowest BCUT2D eigenvalue weighted by atomic mass is 9.89. The number of phosphoric ester groups is 1. The second-order valence-corrected chi connectivity index (χ2v) is 12.0. The van der Waals surface area contributed by atoms with E-state index in [0.717, 1.165) is 7.11 Å². The Hall–Kier alpha value is -1.91. The number of hydrogen-bond acceptors (Lipinski definition) is 15. The van der Waals surface area contributed by atoms with E-state index in [1.807, 2.05) is 13.8 Å². The van der Waals surface area contributed by atoms with Gasteiger partial charge in [0, 0.05) is 0 Å². The number of unbranched alkanes of at least 4 members (excludes halogenated alkanes) is 2. The molecule has 1 amide bonds. The first-order valence-corrected chi connectivity index (χ1v) is 17.0. The van der Waals surface area contributed by atoms with Gasteiger partial charge in [-0.2, -0.15) is 0 Å². The summed E-state index contributed by atoms with van der Waals surface area (Å²) >= 11 is 16.8. The molecule has 45 heavy (non-hydrogen) atoms. The molecule has 2 fully saturated rings. The summed E-state index contributed by atoms with van der Waals surface area (Å²) in [6, 6.07) is -1.21. The van der Waals surface area contributed by atoms with E-state index in [-0.39, 0.29) is 13.2 Å². The van der Waals surface area contributed by atoms with Gasteiger partial charge in [0.2, 0.25) is 0 Å². The number of rotatable bonds is 20. The highest BCUT2D eigenvalue weighted by Crippen LogP contribution is 2.56. The van der Waals surface area contributed by atoms with E-state index in [1.54, 1.807) is 0 Å². The SMILES string of the molecule is CCCCOP(=O)(OCCCC)OC1(C(=O)OC)CC2OC(=O)NC2C([C@H](OC(=O)CCl)[C@@H](COC(=O)CCl)OC(=O)CCl)O1. The maximum absolute atomic E-state index is 13.9. The van der Waals surface area contributed by atoms with Crippen LogP contribution in [-0.2, 0) is 65.7 Å². The molecule has 16 nitrogen and oxygen atoms in total. The number of carbonyl (C=O) groups excluding carboxylic acids is 5. The Kier molecular flexibility index (Phi) is 16.6. The molecule has 2 aliphatic heterocycles. The number of alkyl carbamates (subject to hydrolysis) is 1. The summed E-state index contributed by atoms with van der Waals surface area (Å²) < 4.78 is 62.8. The maximum Gasteiger partial charge on any atom is 0.477 e. The zero-order valence-electron chi connectivity index (χ0n) is 24.9. The second kappa shape index (κ2) is 19.0. The van der Waals surface area contributed by atoms with Crippen molar-refractivity contribution in [2.24, 2.45) is 0 Å². The number of hydrogen-bond donors (Lipinski definition) is 1. The quantitative estimate of drug-likeness (QED) is 0.0631. The minimum absolute atomic E-state index is 0.0818. The lowest BCUT2D eigenvalue weighted by Gasteiger charge is -2.46. The molecule has 20 heteroatoms. The van der Waals surface area contributed by atoms with Crippen molar-refractivity contribution in [1.29, 1.82) is 0 Å². The Labute approximate surface area is 274 Å². The standard InChI is InChI=1S/C25H37Cl3NO15P/c1-4-6-8-38-45(35,39-9-7-5-2)44-25(23(33)36-3)10-15-20(29-24(34)41-15)22(43-25)21(42-19(32)13-28)16(40-18(31)12-27)14-37-17(30)11-26/h15-16,20-22H,4-14H2,1-3H3,(H,29,34)/t15?,16-,20?,21-,22?,25?/m1/s1. The number of carbonyl (C=O) groups is 5. The molecular weight excluding hydrogens is 692 g/mol. The summed E-state index contributed by atoms with van der Waals surface area (Å²) in [7, 11) is -3.62. The average Bonchev–Trinajstić information content (AvgIpc) is 3.40. The van der Waals surface area contributed by atoms with Crippen LogP contribution >= 0.6 is 42.6 Å². The third kappa shape index (κ3) is 11.4. The third-order valence-corrected chi connectivity index (χ3v) is 8.49. The van der Waals surface area contributed by atoms with Crippen molar-refractivity contribution in [2.75, 3.05) is 44.6 Å². The smallest absolute Gasteiger partial charge is 0.465 e. The topological polar surface area (TPSA) is 198 Å². The van der Waals surface area contributed by atoms with Gasteiger partial charge in [-0.05, 0) is 12.8 Å². The monoisotopic (exact) mass is 727 g/mol. The molecule has 0 aromatic heterocycles. The Morgan fingerprint density at radius 2 is 1.56 bits per heavy atom. The Morgan fingerprint density at radius 1 is 0.978 bits per heavy atom. The number of alkyl halides is 3. The number of nitrogens with one attached hydrogen (secondary N) is 1. The largest absolute Gasteiger partial charge is 0.477 e. The van der Waals surface area contributed by atoms with E-state index in [0.29, 0.717) is 25.7 Å². The van der Waals surface area contributed by atoms with E-state index in [4.69, 9.17) is 76.8 Å². The molecule has 1 N–H and O–H groups in total. The first-order chi connectivity index (χ1) is 21.4. The zero-order chi connectivity index (χ0) is 33.6. The molecule has 0 aromatic carbocycles. The van der Waals surface area contributed by atoms with Crippen LogP contribution in [0.5, 0.6) is 0 Å². The molecule has 0 aliphatic carbocycles. The van der Waals surface area contributed by atoms with Crippen molar-refractivity contribution in [3.63, 3.8) is 0 Å². The Bertz CT molecular complexity index is 1070. The Morgan fingerprint density at radius 3 is 2.09 bits per heavy atom. The van der Waals surface area contributed by atoms with Crippen LogP contribution in [0.3, 0.4) is 0 Å². The number of fused-ring (bicyclic) bond motifs is 1. The molecule has 0 saturated carbocycles. The minimum Gasteiger partial charge on any atom is -0.465 e. The minimum atomic E-state index is -4.60. The molecule has 2 aliphatic rings. The van der Waals surface area contributed by atoms with Crippen LogP contribution in [0.15, 0.2) is 0 Å². The summed E-state index contributed by atoms with van der Waals surface area (Å²) in [6.07, 6.45) is -5.79. The molecule has 2 saturated heterocycles. The molecule has 2 heterocycles. The molecule has 4 unspecified atom stereocenters. The lowest BCUT2D eigenvalue weighted by molar-refractivity contribution is -0.286. The highest BCUT2D eigenvalue weighted by molar-refractivity contribution is 7.48. The molecule has 0 radical (unpaired) electrons. The van der Waals surface area contributed by atoms with Gasteiger partial charge in [-0.25, -0.2) is 18.7 Å². The van der Waals surface area contributed by atoms with Gasteiger partial charge in [-0.1, -0.05) is 26.7 Å². The molecule has 6 atom stereocenters. The fourth-order valence-corrected chi connectivity index (χ4v) is 5.90. The van der Waals surface area contributed by atoms with Crippen molar-refractivity contribution < 1.29 is 70.5 Å². The lowest BCUT2D eigenvalue weighted by Crippen LogP contribution is -2.66. The van der Waals surface area contributed by atoms with Gasteiger partial charge in [0.25, 0.3) is 5.79 Å². The summed E-state index contributed by atoms with van der Waals surface area (Å²) in [5, 5.41) is 2.47. The van der Waals surface area contributed by atoms with E-state index >= 15 is 0 Å². The second-order valence-electron chi connectivity index (χ2n) is 9.62. The number of methoxy groups -OCH3 is 1. The van der Waals surface area contributed by atoms with E-state index in [2.05, 4.69) is 5.32 Å². The van der Waals surface area contributed by atoms with Crippen LogP contribution < -0.4 is 5.32 Å². The van der Waals surface area contributed by atoms with Gasteiger partial charge in [0.05, 0.1) is 32.8 Å². The third-order valence-electron chi connectivity index (χ3n) is 6.32. The molecule has 258 valence electrons. The summed E-state index contributed by atoms with van der Waals surface area (Å²) in [4.78, 5) is 62.5. The summed E-state index contributed by atoms with van der Waals surface area (Å²) in [6.45, 7) is 2.80. The molecule has 2 rings (SSSR count). The number of phosphoric acid groups is 1. The molecule has 0 bridgehead atoms. The van der Waals surface area contributed by atoms with Gasteiger partial charge in [0.1, 0.15) is 36.5 Å². The maximum atomic E-state index is 13.9. The zero-order valence-corrected chi connectivity index (χ0v) is 28.0. The van der Waals surface area contributed by atoms with Crippen molar-refractivity contribution in [2.45, 2.75) is 82.2 Å². The van der Waals surface area contributed by atoms with Crippen LogP contribution in [-0.4, -0.2) is 111 Å². The van der Waals surface area contributed by atoms with Gasteiger partial charge in [-0.15, -0.1) is 34.8 Å². The predicted octanol–water partition coefficient (Wildman–Crippen LogP) is 2.96. The van der Waals surface area contributed by atoms with Gasteiger partial charge < -0.3 is 33.7 Å². The first-order valence-electron chi connectivity index (χ1n) is 14.0. The number of halogens is 3.